The van der Waals surface area contributed by atoms with Crippen LogP contribution in [0.3, 0.4) is 0 Å². The maximum Gasteiger partial charge on any atom is 0.209 e. The molecule has 3 N–H and O–H groups in total. The second-order valence-electron chi connectivity index (χ2n) is 5.54. The third kappa shape index (κ3) is 6.98. The van der Waals surface area contributed by atoms with Crippen molar-refractivity contribution in [3.05, 3.63) is 0 Å². The zero-order valence-corrected chi connectivity index (χ0v) is 11.9. The monoisotopic (exact) mass is 263 g/mol. The summed E-state index contributed by atoms with van der Waals surface area (Å²) in [6, 6.07) is 0.526. The lowest BCUT2D eigenvalue weighted by Crippen LogP contribution is -2.52. The number of piperidine rings is 1. The molecule has 1 fully saturated rings. The molecule has 0 aromatic rings. The van der Waals surface area contributed by atoms with Crippen LogP contribution in [0.15, 0.2) is 0 Å². The summed E-state index contributed by atoms with van der Waals surface area (Å²) >= 11 is 0. The molecule has 1 atom stereocenters. The standard InChI is InChI=1S/C11H25N3O2S/c1-11(2,14-17(3,15)16)9-12-8-10-6-4-5-7-13-10/h10,12-14H,4-9H2,1-3H3. The van der Waals surface area contributed by atoms with E-state index in [-0.39, 0.29) is 0 Å². The van der Waals surface area contributed by atoms with Gasteiger partial charge < -0.3 is 10.6 Å². The lowest BCUT2D eigenvalue weighted by atomic mass is 10.0. The highest BCUT2D eigenvalue weighted by Gasteiger charge is 2.22. The second-order valence-corrected chi connectivity index (χ2v) is 7.28. The Labute approximate surface area is 105 Å². The van der Waals surface area contributed by atoms with Crippen molar-refractivity contribution in [1.82, 2.24) is 15.4 Å². The minimum Gasteiger partial charge on any atom is -0.313 e. The van der Waals surface area contributed by atoms with Crippen LogP contribution in [-0.2, 0) is 10.0 Å². The van der Waals surface area contributed by atoms with Crippen LogP contribution < -0.4 is 15.4 Å². The molecule has 0 saturated carbocycles. The van der Waals surface area contributed by atoms with Gasteiger partial charge >= 0.3 is 0 Å². The molecule has 6 heteroatoms. The molecule has 1 aliphatic heterocycles. The van der Waals surface area contributed by atoms with Crippen LogP contribution in [0.5, 0.6) is 0 Å². The number of rotatable bonds is 6. The van der Waals surface area contributed by atoms with Gasteiger partial charge in [-0.1, -0.05) is 6.42 Å². The van der Waals surface area contributed by atoms with Crippen molar-refractivity contribution < 1.29 is 8.42 Å². The number of nitrogens with one attached hydrogen (secondary N) is 3. The maximum absolute atomic E-state index is 11.2. The Morgan fingerprint density at radius 3 is 2.59 bits per heavy atom. The Morgan fingerprint density at radius 1 is 1.35 bits per heavy atom. The predicted molar refractivity (Wildman–Crippen MR) is 70.6 cm³/mol. The van der Waals surface area contributed by atoms with Gasteiger partial charge in [-0.05, 0) is 33.2 Å². The van der Waals surface area contributed by atoms with Gasteiger partial charge in [0.25, 0.3) is 0 Å². The summed E-state index contributed by atoms with van der Waals surface area (Å²) in [6.45, 7) is 6.40. The zero-order chi connectivity index (χ0) is 12.9. The van der Waals surface area contributed by atoms with Crippen molar-refractivity contribution >= 4 is 10.0 Å². The van der Waals surface area contributed by atoms with Gasteiger partial charge in [-0.15, -0.1) is 0 Å². The minimum atomic E-state index is -3.14. The molecule has 1 saturated heterocycles. The first-order valence-corrected chi connectivity index (χ1v) is 8.11. The van der Waals surface area contributed by atoms with Crippen LogP contribution in [0.25, 0.3) is 0 Å². The van der Waals surface area contributed by atoms with Gasteiger partial charge in [0, 0.05) is 24.7 Å². The molecule has 1 unspecified atom stereocenters. The molecule has 0 bridgehead atoms. The van der Waals surface area contributed by atoms with Crippen molar-refractivity contribution in [1.29, 1.82) is 0 Å². The summed E-state index contributed by atoms with van der Waals surface area (Å²) < 4.78 is 24.9. The topological polar surface area (TPSA) is 70.2 Å². The van der Waals surface area contributed by atoms with E-state index in [0.717, 1.165) is 13.1 Å². The van der Waals surface area contributed by atoms with Gasteiger partial charge in [0.2, 0.25) is 10.0 Å². The Morgan fingerprint density at radius 2 is 2.06 bits per heavy atom. The van der Waals surface area contributed by atoms with E-state index in [1.807, 2.05) is 13.8 Å². The molecule has 0 aromatic carbocycles. The van der Waals surface area contributed by atoms with Crippen LogP contribution in [0.1, 0.15) is 33.1 Å². The molecule has 0 aromatic heterocycles. The van der Waals surface area contributed by atoms with Crippen LogP contribution >= 0.6 is 0 Å². The number of hydrogen-bond acceptors (Lipinski definition) is 4. The molecular formula is C11H25N3O2S. The molecule has 1 heterocycles. The summed E-state index contributed by atoms with van der Waals surface area (Å²) in [5.41, 5.74) is -0.442. The average molecular weight is 263 g/mol. The maximum atomic E-state index is 11.2. The van der Waals surface area contributed by atoms with Crippen molar-refractivity contribution in [2.75, 3.05) is 25.9 Å². The second kappa shape index (κ2) is 6.13. The van der Waals surface area contributed by atoms with E-state index in [1.54, 1.807) is 0 Å². The fourth-order valence-electron chi connectivity index (χ4n) is 2.20. The largest absolute Gasteiger partial charge is 0.313 e. The highest BCUT2D eigenvalue weighted by molar-refractivity contribution is 7.88. The summed E-state index contributed by atoms with van der Waals surface area (Å²) in [5.74, 6) is 0. The Kier molecular flexibility index (Phi) is 5.37. The molecule has 1 rings (SSSR count). The van der Waals surface area contributed by atoms with Gasteiger partial charge in [0.1, 0.15) is 0 Å². The minimum absolute atomic E-state index is 0.442. The normalized spacial score (nSPS) is 22.6. The first-order valence-electron chi connectivity index (χ1n) is 6.22. The van der Waals surface area contributed by atoms with Crippen molar-refractivity contribution in [3.63, 3.8) is 0 Å². The van der Waals surface area contributed by atoms with E-state index in [2.05, 4.69) is 15.4 Å². The SMILES string of the molecule is CC(C)(CNCC1CCCCN1)NS(C)(=O)=O. The van der Waals surface area contributed by atoms with E-state index >= 15 is 0 Å². The van der Waals surface area contributed by atoms with Gasteiger partial charge in [-0.25, -0.2) is 13.1 Å². The first-order chi connectivity index (χ1) is 7.79. The van der Waals surface area contributed by atoms with Gasteiger partial charge in [0.15, 0.2) is 0 Å². The Bertz CT molecular complexity index is 322. The Hall–Kier alpha value is -0.170. The van der Waals surface area contributed by atoms with E-state index in [4.69, 9.17) is 0 Å². The Balaban J connectivity index is 2.24. The highest BCUT2D eigenvalue weighted by Crippen LogP contribution is 2.06. The lowest BCUT2D eigenvalue weighted by Gasteiger charge is -2.28. The molecule has 17 heavy (non-hydrogen) atoms. The fourth-order valence-corrected chi connectivity index (χ4v) is 3.27. The molecule has 1 aliphatic rings. The third-order valence-corrected chi connectivity index (χ3v) is 3.76. The third-order valence-electron chi connectivity index (χ3n) is 2.83. The summed E-state index contributed by atoms with van der Waals surface area (Å²) in [6.07, 6.45) is 4.94. The van der Waals surface area contributed by atoms with Crippen LogP contribution in [-0.4, -0.2) is 45.9 Å². The summed E-state index contributed by atoms with van der Waals surface area (Å²) in [4.78, 5) is 0. The van der Waals surface area contributed by atoms with E-state index in [0.29, 0.717) is 12.6 Å². The summed E-state index contributed by atoms with van der Waals surface area (Å²) in [5, 5.41) is 6.78. The van der Waals surface area contributed by atoms with Crippen molar-refractivity contribution in [2.45, 2.75) is 44.7 Å². The molecule has 0 amide bonds. The van der Waals surface area contributed by atoms with Crippen LogP contribution in [0.4, 0.5) is 0 Å². The smallest absolute Gasteiger partial charge is 0.209 e. The van der Waals surface area contributed by atoms with Crippen LogP contribution in [0, 0.1) is 0 Å². The van der Waals surface area contributed by atoms with Crippen molar-refractivity contribution in [2.24, 2.45) is 0 Å². The van der Waals surface area contributed by atoms with Gasteiger partial charge in [0.05, 0.1) is 6.26 Å². The predicted octanol–water partition coefficient (Wildman–Crippen LogP) is 0.0459. The average Bonchev–Trinajstić information content (AvgIpc) is 2.15. The molecular weight excluding hydrogens is 238 g/mol. The molecule has 0 spiro atoms. The quantitative estimate of drug-likeness (QED) is 0.633. The number of sulfonamides is 1. The zero-order valence-electron chi connectivity index (χ0n) is 11.0. The van der Waals surface area contributed by atoms with Gasteiger partial charge in [-0.2, -0.15) is 0 Å². The number of hydrogen-bond donors (Lipinski definition) is 3. The van der Waals surface area contributed by atoms with Crippen LogP contribution in [0.2, 0.25) is 0 Å². The van der Waals surface area contributed by atoms with E-state index < -0.39 is 15.6 Å². The molecule has 0 aliphatic carbocycles. The molecule has 5 nitrogen and oxygen atoms in total. The van der Waals surface area contributed by atoms with Gasteiger partial charge in [-0.3, -0.25) is 0 Å². The van der Waals surface area contributed by atoms with Crippen molar-refractivity contribution in [3.8, 4) is 0 Å². The molecule has 102 valence electrons. The van der Waals surface area contributed by atoms with E-state index in [1.165, 1.54) is 25.5 Å². The molecule has 0 radical (unpaired) electrons. The summed E-state index contributed by atoms with van der Waals surface area (Å²) in [7, 11) is -3.14. The lowest BCUT2D eigenvalue weighted by molar-refractivity contribution is 0.357. The highest BCUT2D eigenvalue weighted by atomic mass is 32.2. The fraction of sp³-hybridized carbons (Fsp3) is 1.00. The first kappa shape index (κ1) is 14.9. The van der Waals surface area contributed by atoms with E-state index in [9.17, 15) is 8.42 Å².